The lowest BCUT2D eigenvalue weighted by atomic mass is 9.98. The molecule has 1 aliphatic rings. The van der Waals surface area contributed by atoms with Crippen molar-refractivity contribution in [3.05, 3.63) is 29.8 Å². The summed E-state index contributed by atoms with van der Waals surface area (Å²) in [7, 11) is 1.44. The number of likely N-dealkylation sites (tertiary alicyclic amines) is 1. The number of carbonyl (C=O) groups is 3. The maximum atomic E-state index is 12.5. The highest BCUT2D eigenvalue weighted by Crippen LogP contribution is 2.21. The van der Waals surface area contributed by atoms with Gasteiger partial charge in [0.05, 0.1) is 18.9 Å². The SMILES string of the molecule is CN(CC(=O)N1CCCC(C(=O)O)C1)C(=O)Cc1ccccc1OC(F)F. The van der Waals surface area contributed by atoms with Gasteiger partial charge >= 0.3 is 12.6 Å². The molecule has 1 heterocycles. The number of carboxylic acid groups (broad SMARTS) is 1. The summed E-state index contributed by atoms with van der Waals surface area (Å²) in [5.41, 5.74) is 0.297. The van der Waals surface area contributed by atoms with Crippen molar-refractivity contribution >= 4 is 17.8 Å². The molecule has 0 radical (unpaired) electrons. The van der Waals surface area contributed by atoms with E-state index in [1.54, 1.807) is 6.07 Å². The first kappa shape index (κ1) is 20.6. The molecule has 1 unspecified atom stereocenters. The van der Waals surface area contributed by atoms with E-state index in [0.717, 1.165) is 0 Å². The predicted octanol–water partition coefficient (Wildman–Crippen LogP) is 1.61. The topological polar surface area (TPSA) is 87.2 Å². The molecule has 2 rings (SSSR count). The van der Waals surface area contributed by atoms with Crippen molar-refractivity contribution in [2.75, 3.05) is 26.7 Å². The van der Waals surface area contributed by atoms with Crippen LogP contribution in [0.3, 0.4) is 0 Å². The van der Waals surface area contributed by atoms with Crippen LogP contribution in [0.2, 0.25) is 0 Å². The summed E-state index contributed by atoms with van der Waals surface area (Å²) < 4.78 is 29.3. The van der Waals surface area contributed by atoms with Gasteiger partial charge in [-0.1, -0.05) is 18.2 Å². The summed E-state index contributed by atoms with van der Waals surface area (Å²) in [5.74, 6) is -2.38. The van der Waals surface area contributed by atoms with Gasteiger partial charge < -0.3 is 19.6 Å². The molecular formula is C18H22F2N2O5. The Morgan fingerprint density at radius 1 is 1.33 bits per heavy atom. The summed E-state index contributed by atoms with van der Waals surface area (Å²) in [6.07, 6.45) is 0.929. The Bertz CT molecular complexity index is 698. The lowest BCUT2D eigenvalue weighted by Crippen LogP contribution is -2.47. The van der Waals surface area contributed by atoms with E-state index >= 15 is 0 Å². The van der Waals surface area contributed by atoms with Crippen LogP contribution in [0.15, 0.2) is 24.3 Å². The number of aliphatic carboxylic acids is 1. The smallest absolute Gasteiger partial charge is 0.387 e. The summed E-state index contributed by atoms with van der Waals surface area (Å²) in [4.78, 5) is 38.5. The first-order chi connectivity index (χ1) is 12.8. The minimum Gasteiger partial charge on any atom is -0.481 e. The molecule has 1 N–H and O–H groups in total. The van der Waals surface area contributed by atoms with Crippen LogP contribution in [0.25, 0.3) is 0 Å². The molecule has 2 amide bonds. The Morgan fingerprint density at radius 2 is 2.04 bits per heavy atom. The van der Waals surface area contributed by atoms with Crippen LogP contribution in [0.4, 0.5) is 8.78 Å². The number of hydrogen-bond donors (Lipinski definition) is 1. The van der Waals surface area contributed by atoms with Gasteiger partial charge in [-0.2, -0.15) is 8.78 Å². The minimum atomic E-state index is -3.00. The van der Waals surface area contributed by atoms with Gasteiger partial charge in [-0.3, -0.25) is 14.4 Å². The Balaban J connectivity index is 1.94. The first-order valence-electron chi connectivity index (χ1n) is 8.55. The first-order valence-corrected chi connectivity index (χ1v) is 8.55. The van der Waals surface area contributed by atoms with Crippen LogP contribution < -0.4 is 4.74 Å². The molecule has 1 aliphatic heterocycles. The molecule has 0 bridgehead atoms. The number of likely N-dealkylation sites (N-methyl/N-ethyl adjacent to an activating group) is 1. The van der Waals surface area contributed by atoms with E-state index in [2.05, 4.69) is 4.74 Å². The third-order valence-electron chi connectivity index (χ3n) is 4.45. The van der Waals surface area contributed by atoms with Crippen molar-refractivity contribution in [3.63, 3.8) is 0 Å². The number of piperidine rings is 1. The summed E-state index contributed by atoms with van der Waals surface area (Å²) in [6.45, 7) is -2.62. The summed E-state index contributed by atoms with van der Waals surface area (Å²) in [6, 6.07) is 5.98. The molecule has 0 aliphatic carbocycles. The predicted molar refractivity (Wildman–Crippen MR) is 91.4 cm³/mol. The number of carboxylic acids is 1. The number of halogens is 2. The lowest BCUT2D eigenvalue weighted by molar-refractivity contribution is -0.147. The number of nitrogens with zero attached hydrogens (tertiary/aromatic N) is 2. The van der Waals surface area contributed by atoms with Crippen LogP contribution >= 0.6 is 0 Å². The quantitative estimate of drug-likeness (QED) is 0.772. The molecule has 27 heavy (non-hydrogen) atoms. The van der Waals surface area contributed by atoms with Crippen LogP contribution in [0.1, 0.15) is 18.4 Å². The number of hydrogen-bond acceptors (Lipinski definition) is 4. The second-order valence-electron chi connectivity index (χ2n) is 6.43. The van der Waals surface area contributed by atoms with Crippen molar-refractivity contribution < 1.29 is 33.0 Å². The Labute approximate surface area is 155 Å². The molecule has 1 saturated heterocycles. The largest absolute Gasteiger partial charge is 0.481 e. The molecule has 0 saturated carbocycles. The number of alkyl halides is 2. The molecular weight excluding hydrogens is 362 g/mol. The van der Waals surface area contributed by atoms with E-state index in [4.69, 9.17) is 5.11 Å². The maximum Gasteiger partial charge on any atom is 0.387 e. The van der Waals surface area contributed by atoms with Gasteiger partial charge in [0.15, 0.2) is 0 Å². The van der Waals surface area contributed by atoms with Gasteiger partial charge in [0.1, 0.15) is 5.75 Å². The summed E-state index contributed by atoms with van der Waals surface area (Å²) >= 11 is 0. The molecule has 0 spiro atoms. The van der Waals surface area contributed by atoms with E-state index in [-0.39, 0.29) is 31.2 Å². The van der Waals surface area contributed by atoms with E-state index in [9.17, 15) is 23.2 Å². The number of rotatable bonds is 7. The van der Waals surface area contributed by atoms with Crippen LogP contribution in [-0.2, 0) is 20.8 Å². The highest BCUT2D eigenvalue weighted by molar-refractivity contribution is 5.86. The molecule has 0 aromatic heterocycles. The Kier molecular flexibility index (Phi) is 7.09. The zero-order chi connectivity index (χ0) is 20.0. The fraction of sp³-hybridized carbons (Fsp3) is 0.500. The third-order valence-corrected chi connectivity index (χ3v) is 4.45. The van der Waals surface area contributed by atoms with Crippen molar-refractivity contribution in [2.45, 2.75) is 25.9 Å². The zero-order valence-electron chi connectivity index (χ0n) is 14.9. The van der Waals surface area contributed by atoms with Gasteiger partial charge in [-0.05, 0) is 18.9 Å². The maximum absolute atomic E-state index is 12.5. The normalized spacial score (nSPS) is 16.9. The Hall–Kier alpha value is -2.71. The average Bonchev–Trinajstić information content (AvgIpc) is 2.62. The van der Waals surface area contributed by atoms with E-state index in [0.29, 0.717) is 24.9 Å². The number of carbonyl (C=O) groups excluding carboxylic acids is 2. The standard InChI is InChI=1S/C18H22F2N2O5/c1-21(11-16(24)22-8-4-6-13(10-22)17(25)26)15(23)9-12-5-2-3-7-14(12)27-18(19)20/h2-3,5,7,13,18H,4,6,8-11H2,1H3,(H,25,26). The fourth-order valence-electron chi connectivity index (χ4n) is 2.96. The second kappa shape index (κ2) is 9.29. The fourth-order valence-corrected chi connectivity index (χ4v) is 2.96. The number of amides is 2. The second-order valence-corrected chi connectivity index (χ2v) is 6.43. The van der Waals surface area contributed by atoms with Gasteiger partial charge in [0.2, 0.25) is 11.8 Å². The van der Waals surface area contributed by atoms with Gasteiger partial charge in [0.25, 0.3) is 0 Å². The van der Waals surface area contributed by atoms with Crippen molar-refractivity contribution in [1.29, 1.82) is 0 Å². The van der Waals surface area contributed by atoms with Gasteiger partial charge in [-0.25, -0.2) is 0 Å². The third kappa shape index (κ3) is 5.90. The van der Waals surface area contributed by atoms with Crippen LogP contribution in [-0.4, -0.2) is 66.0 Å². The molecule has 1 aromatic rings. The van der Waals surface area contributed by atoms with E-state index in [1.807, 2.05) is 0 Å². The zero-order valence-corrected chi connectivity index (χ0v) is 14.9. The molecule has 1 fully saturated rings. The molecule has 1 aromatic carbocycles. The number of benzene rings is 1. The monoisotopic (exact) mass is 384 g/mol. The molecule has 148 valence electrons. The number of ether oxygens (including phenoxy) is 1. The minimum absolute atomic E-state index is 0.0825. The van der Waals surface area contributed by atoms with Crippen LogP contribution in [0.5, 0.6) is 5.75 Å². The van der Waals surface area contributed by atoms with E-state index in [1.165, 1.54) is 35.0 Å². The highest BCUT2D eigenvalue weighted by atomic mass is 19.3. The Morgan fingerprint density at radius 3 is 2.70 bits per heavy atom. The van der Waals surface area contributed by atoms with Gasteiger partial charge in [-0.15, -0.1) is 0 Å². The summed E-state index contributed by atoms with van der Waals surface area (Å²) in [5, 5.41) is 9.09. The molecule has 1 atom stereocenters. The van der Waals surface area contributed by atoms with Crippen molar-refractivity contribution in [3.8, 4) is 5.75 Å². The highest BCUT2D eigenvalue weighted by Gasteiger charge is 2.29. The lowest BCUT2D eigenvalue weighted by Gasteiger charge is -2.32. The molecule has 9 heteroatoms. The van der Waals surface area contributed by atoms with Crippen LogP contribution in [0, 0.1) is 5.92 Å². The van der Waals surface area contributed by atoms with Crippen molar-refractivity contribution in [1.82, 2.24) is 9.80 Å². The molecule has 7 nitrogen and oxygen atoms in total. The van der Waals surface area contributed by atoms with Gasteiger partial charge in [0, 0.05) is 25.7 Å². The average molecular weight is 384 g/mol. The van der Waals surface area contributed by atoms with Crippen molar-refractivity contribution in [2.24, 2.45) is 5.92 Å². The number of para-hydroxylation sites is 1. The van der Waals surface area contributed by atoms with E-state index < -0.39 is 24.4 Å².